The predicted octanol–water partition coefficient (Wildman–Crippen LogP) is 2.19. The van der Waals surface area contributed by atoms with E-state index in [9.17, 15) is 0 Å². The molecule has 0 N–H and O–H groups in total. The van der Waals surface area contributed by atoms with Gasteiger partial charge in [0.1, 0.15) is 0 Å². The van der Waals surface area contributed by atoms with E-state index in [2.05, 4.69) is 42.6 Å². The van der Waals surface area contributed by atoms with Gasteiger partial charge in [-0.1, -0.05) is 0 Å². The molecule has 3 aromatic rings. The molecule has 3 aromatic heterocycles. The van der Waals surface area contributed by atoms with Gasteiger partial charge in [-0.05, 0) is 0 Å². The summed E-state index contributed by atoms with van der Waals surface area (Å²) in [5.74, 6) is 0. The van der Waals surface area contributed by atoms with Crippen molar-refractivity contribution >= 4 is 61.3 Å². The average Bonchev–Trinajstić information content (AvgIpc) is 3.01. The van der Waals surface area contributed by atoms with Crippen LogP contribution in [0.25, 0.3) is 16.3 Å². The van der Waals surface area contributed by atoms with E-state index in [4.69, 9.17) is 0 Å². The normalized spacial score (nSPS) is 10.7. The molecule has 0 aliphatic heterocycles. The summed E-state index contributed by atoms with van der Waals surface area (Å²) < 4.78 is 12.4. The third-order valence-corrected chi connectivity index (χ3v) is 11.3. The van der Waals surface area contributed by atoms with Crippen LogP contribution < -0.4 is 0 Å². The van der Waals surface area contributed by atoms with E-state index in [0.717, 1.165) is 0 Å². The van der Waals surface area contributed by atoms with Crippen molar-refractivity contribution in [3.05, 3.63) is 42.6 Å². The monoisotopic (exact) mass is 542 g/mol. The second kappa shape index (κ2) is 4.98. The topological polar surface area (TPSA) is 0 Å². The van der Waals surface area contributed by atoms with Gasteiger partial charge in [-0.15, -0.1) is 0 Å². The Morgan fingerprint density at radius 2 is 1.40 bits per heavy atom. The van der Waals surface area contributed by atoms with Crippen LogP contribution >= 0.6 is 0 Å². The van der Waals surface area contributed by atoms with Gasteiger partial charge in [-0.25, -0.2) is 0 Å². The van der Waals surface area contributed by atoms with Crippen molar-refractivity contribution in [3.8, 4) is 16.3 Å². The van der Waals surface area contributed by atoms with Crippen molar-refractivity contribution in [2.24, 2.45) is 0 Å². The van der Waals surface area contributed by atoms with Gasteiger partial charge in [0.25, 0.3) is 0 Å². The molecule has 0 aliphatic carbocycles. The van der Waals surface area contributed by atoms with Crippen LogP contribution in [0.2, 0.25) is 0 Å². The summed E-state index contributed by atoms with van der Waals surface area (Å²) in [5, 5.41) is 0. The first-order valence-electron chi connectivity index (χ1n) is 4.60. The minimum absolute atomic E-state index is 0.00167. The van der Waals surface area contributed by atoms with Crippen LogP contribution in [0.15, 0.2) is 42.6 Å². The molecule has 0 saturated heterocycles. The van der Waals surface area contributed by atoms with Gasteiger partial charge in [-0.3, -0.25) is 0 Å². The third kappa shape index (κ3) is 2.26. The molecule has 0 atom stereocenters. The van der Waals surface area contributed by atoms with Crippen LogP contribution in [-0.4, -0.2) is 61.3 Å². The first kappa shape index (κ1) is 10.9. The first-order valence-corrected chi connectivity index (χ1v) is 12.1. The molecule has 0 saturated carbocycles. The third-order valence-electron chi connectivity index (χ3n) is 2.20. The average molecular weight is 535 g/mol. The maximum absolute atomic E-state index is 2.45. The fraction of sp³-hybridized carbons (Fsp3) is 0. The van der Waals surface area contributed by atoms with E-state index in [-0.39, 0.29) is 61.3 Å². The molecule has 0 amide bonds. The zero-order chi connectivity index (χ0) is 10.1. The molecule has 0 radical (unpaired) electrons. The molecule has 0 nitrogen and oxygen atoms in total. The van der Waals surface area contributed by atoms with Crippen LogP contribution in [0, 0.1) is 0 Å². The van der Waals surface area contributed by atoms with Gasteiger partial charge in [0.05, 0.1) is 0 Å². The first-order chi connectivity index (χ1) is 7.45. The Hall–Kier alpha value is 0.809. The zero-order valence-corrected chi connectivity index (χ0v) is 14.8. The molecular formula is C12H8Te3. The van der Waals surface area contributed by atoms with E-state index in [1.165, 1.54) is 0 Å². The number of hydrogen-bond acceptors (Lipinski definition) is 0. The Kier molecular flexibility index (Phi) is 3.63. The van der Waals surface area contributed by atoms with Crippen molar-refractivity contribution in [1.82, 2.24) is 0 Å². The summed E-state index contributed by atoms with van der Waals surface area (Å²) in [6, 6.07) is 11.6. The fourth-order valence-corrected chi connectivity index (χ4v) is 10.5. The molecule has 3 heterocycles. The number of hydrogen-bond donors (Lipinski definition) is 0. The standard InChI is InChI=1S/C12H8Te3/c1-3-10(13-6-1)9-5-8-15-12(9)11-4-2-7-14-11/h1-8H. The summed E-state index contributed by atoms with van der Waals surface area (Å²) in [6.45, 7) is 0. The summed E-state index contributed by atoms with van der Waals surface area (Å²) >= 11 is 0.0356. The van der Waals surface area contributed by atoms with Gasteiger partial charge in [0.2, 0.25) is 0 Å². The quantitative estimate of drug-likeness (QED) is 0.442. The predicted molar refractivity (Wildman–Crippen MR) is 68.1 cm³/mol. The van der Waals surface area contributed by atoms with Crippen LogP contribution in [0.5, 0.6) is 0 Å². The van der Waals surface area contributed by atoms with Crippen molar-refractivity contribution in [2.45, 2.75) is 0 Å². The van der Waals surface area contributed by atoms with Gasteiger partial charge in [0, 0.05) is 0 Å². The van der Waals surface area contributed by atoms with Gasteiger partial charge in [0.15, 0.2) is 0 Å². The van der Waals surface area contributed by atoms with Crippen LogP contribution in [0.3, 0.4) is 0 Å². The molecule has 15 heavy (non-hydrogen) atoms. The Bertz CT molecular complexity index is 480. The van der Waals surface area contributed by atoms with E-state index >= 15 is 0 Å². The van der Waals surface area contributed by atoms with Crippen molar-refractivity contribution in [3.63, 3.8) is 0 Å². The molecule has 0 aromatic carbocycles. The molecule has 0 unspecified atom stereocenters. The van der Waals surface area contributed by atoms with Crippen LogP contribution in [-0.2, 0) is 0 Å². The van der Waals surface area contributed by atoms with E-state index in [1.807, 2.05) is 0 Å². The Balaban J connectivity index is 2.15. The van der Waals surface area contributed by atoms with Crippen molar-refractivity contribution in [1.29, 1.82) is 0 Å². The van der Waals surface area contributed by atoms with Crippen molar-refractivity contribution in [2.75, 3.05) is 0 Å². The maximum atomic E-state index is 2.45. The van der Waals surface area contributed by atoms with Crippen molar-refractivity contribution < 1.29 is 0 Å². The van der Waals surface area contributed by atoms with Gasteiger partial charge in [-0.2, -0.15) is 0 Å². The second-order valence-electron chi connectivity index (χ2n) is 3.12. The fourth-order valence-electron chi connectivity index (χ4n) is 1.53. The molecule has 0 aliphatic rings. The van der Waals surface area contributed by atoms with Gasteiger partial charge < -0.3 is 0 Å². The van der Waals surface area contributed by atoms with Crippen LogP contribution in [0.4, 0.5) is 0 Å². The van der Waals surface area contributed by atoms with Crippen LogP contribution in [0.1, 0.15) is 0 Å². The summed E-state index contributed by atoms with van der Waals surface area (Å²) in [6.07, 6.45) is 0. The summed E-state index contributed by atoms with van der Waals surface area (Å²) in [7, 11) is 0. The van der Waals surface area contributed by atoms with Gasteiger partial charge >= 0.3 is 120 Å². The molecule has 0 fully saturated rings. The summed E-state index contributed by atoms with van der Waals surface area (Å²) in [4.78, 5) is 0. The molecule has 0 spiro atoms. The Morgan fingerprint density at radius 1 is 0.667 bits per heavy atom. The molecular weight excluding hydrogens is 527 g/mol. The molecule has 0 bridgehead atoms. The zero-order valence-electron chi connectivity index (χ0n) is 7.84. The summed E-state index contributed by atoms with van der Waals surface area (Å²) in [5.41, 5.74) is 1.62. The van der Waals surface area contributed by atoms with E-state index < -0.39 is 0 Å². The minimum atomic E-state index is 0.00167. The Morgan fingerprint density at radius 3 is 2.07 bits per heavy atom. The van der Waals surface area contributed by atoms with E-state index in [1.54, 1.807) is 16.3 Å². The molecule has 3 heteroatoms. The number of rotatable bonds is 2. The van der Waals surface area contributed by atoms with E-state index in [0.29, 0.717) is 0 Å². The Labute approximate surface area is 118 Å². The molecule has 74 valence electrons. The molecule has 3 rings (SSSR count). The SMILES string of the molecule is c1c[te]c(-c2cc[te]c2-c2ccc[te]2)c1. The second-order valence-corrected chi connectivity index (χ2v) is 11.1.